The molecule has 1 aromatic carbocycles. The molecule has 0 amide bonds. The highest BCUT2D eigenvalue weighted by molar-refractivity contribution is 5.20. The second kappa shape index (κ2) is 7.12. The molecule has 0 aliphatic rings. The Bertz CT molecular complexity index is 246. The molecule has 76 valence electrons. The van der Waals surface area contributed by atoms with Gasteiger partial charge in [0.2, 0.25) is 0 Å². The number of hydrogen-bond donors (Lipinski definition) is 0. The van der Waals surface area contributed by atoms with E-state index in [9.17, 15) is 0 Å². The Kier molecular flexibility index (Phi) is 5.47. The average molecular weight is 194 g/mol. The van der Waals surface area contributed by atoms with Crippen LogP contribution in [0.15, 0.2) is 43.0 Å². The Balaban J connectivity index is 2.02. The Morgan fingerprint density at radius 1 is 1.07 bits per heavy atom. The van der Waals surface area contributed by atoms with Gasteiger partial charge in [-0.05, 0) is 12.1 Å². The minimum absolute atomic E-state index is 0.394. The van der Waals surface area contributed by atoms with Crippen molar-refractivity contribution in [2.45, 2.75) is 0 Å². The molecule has 0 saturated heterocycles. The third-order valence-electron chi connectivity index (χ3n) is 1.45. The fourth-order valence-electron chi connectivity index (χ4n) is 0.865. The van der Waals surface area contributed by atoms with Gasteiger partial charge in [-0.25, -0.2) is 9.78 Å². The summed E-state index contributed by atoms with van der Waals surface area (Å²) in [6.45, 7) is 4.76. The van der Waals surface area contributed by atoms with E-state index < -0.39 is 0 Å². The number of benzene rings is 1. The van der Waals surface area contributed by atoms with E-state index in [0.29, 0.717) is 19.8 Å². The Hall–Kier alpha value is -1.32. The predicted octanol–water partition coefficient (Wildman–Crippen LogP) is 2.20. The van der Waals surface area contributed by atoms with Crippen molar-refractivity contribution < 1.29 is 14.5 Å². The lowest BCUT2D eigenvalue weighted by atomic mass is 10.3. The average Bonchev–Trinajstić information content (AvgIpc) is 2.25. The van der Waals surface area contributed by atoms with Crippen LogP contribution in [0, 0.1) is 0 Å². The maximum atomic E-state index is 5.36. The van der Waals surface area contributed by atoms with Crippen LogP contribution in [0.2, 0.25) is 0 Å². The molecule has 1 rings (SSSR count). The second-order valence-corrected chi connectivity index (χ2v) is 2.56. The normalized spacial score (nSPS) is 9.71. The van der Waals surface area contributed by atoms with Crippen molar-refractivity contribution in [2.75, 3.05) is 19.8 Å². The zero-order valence-corrected chi connectivity index (χ0v) is 8.02. The summed E-state index contributed by atoms with van der Waals surface area (Å²) in [7, 11) is 0. The molecule has 3 heteroatoms. The number of hydrogen-bond acceptors (Lipinski definition) is 3. The van der Waals surface area contributed by atoms with Crippen LogP contribution < -0.4 is 4.74 Å². The number of ether oxygens (including phenoxy) is 1. The summed E-state index contributed by atoms with van der Waals surface area (Å²) in [5.74, 6) is 0.833. The highest BCUT2D eigenvalue weighted by Crippen LogP contribution is 2.07. The summed E-state index contributed by atoms with van der Waals surface area (Å²) < 4.78 is 5.36. The maximum absolute atomic E-state index is 5.36. The third kappa shape index (κ3) is 4.64. The molecule has 0 spiro atoms. The van der Waals surface area contributed by atoms with Gasteiger partial charge >= 0.3 is 0 Å². The lowest BCUT2D eigenvalue weighted by Gasteiger charge is -2.05. The SMILES string of the molecule is C=CCOOCCOc1ccccc1. The van der Waals surface area contributed by atoms with Gasteiger partial charge in [-0.1, -0.05) is 24.3 Å². The Morgan fingerprint density at radius 3 is 2.57 bits per heavy atom. The molecule has 1 aromatic rings. The minimum atomic E-state index is 0.394. The topological polar surface area (TPSA) is 27.7 Å². The molecule has 0 bridgehead atoms. The molecule has 0 fully saturated rings. The van der Waals surface area contributed by atoms with Gasteiger partial charge in [-0.2, -0.15) is 0 Å². The van der Waals surface area contributed by atoms with E-state index in [1.54, 1.807) is 6.08 Å². The van der Waals surface area contributed by atoms with Crippen LogP contribution in [0.5, 0.6) is 5.75 Å². The molecule has 3 nitrogen and oxygen atoms in total. The fraction of sp³-hybridized carbons (Fsp3) is 0.273. The molecule has 0 aromatic heterocycles. The van der Waals surface area contributed by atoms with Crippen molar-refractivity contribution in [1.82, 2.24) is 0 Å². The first-order valence-electron chi connectivity index (χ1n) is 4.46. The number of rotatable bonds is 7. The van der Waals surface area contributed by atoms with E-state index in [4.69, 9.17) is 14.5 Å². The molecule has 0 aliphatic heterocycles. The van der Waals surface area contributed by atoms with Crippen molar-refractivity contribution in [3.05, 3.63) is 43.0 Å². The van der Waals surface area contributed by atoms with E-state index in [2.05, 4.69) is 6.58 Å². The zero-order chi connectivity index (χ0) is 10.1. The van der Waals surface area contributed by atoms with Gasteiger partial charge in [-0.15, -0.1) is 6.58 Å². The van der Waals surface area contributed by atoms with E-state index in [-0.39, 0.29) is 0 Å². The molecule has 0 unspecified atom stereocenters. The lowest BCUT2D eigenvalue weighted by molar-refractivity contribution is -0.288. The van der Waals surface area contributed by atoms with Crippen LogP contribution in [0.4, 0.5) is 0 Å². The third-order valence-corrected chi connectivity index (χ3v) is 1.45. The van der Waals surface area contributed by atoms with E-state index >= 15 is 0 Å². The van der Waals surface area contributed by atoms with Crippen LogP contribution in [0.1, 0.15) is 0 Å². The lowest BCUT2D eigenvalue weighted by Crippen LogP contribution is -2.07. The number of para-hydroxylation sites is 1. The van der Waals surface area contributed by atoms with Gasteiger partial charge in [0.05, 0.1) is 0 Å². The quantitative estimate of drug-likeness (QED) is 0.288. The van der Waals surface area contributed by atoms with E-state index in [0.717, 1.165) is 5.75 Å². The van der Waals surface area contributed by atoms with Gasteiger partial charge < -0.3 is 4.74 Å². The minimum Gasteiger partial charge on any atom is -0.491 e. The van der Waals surface area contributed by atoms with Gasteiger partial charge in [0.1, 0.15) is 25.6 Å². The van der Waals surface area contributed by atoms with Crippen LogP contribution in [-0.4, -0.2) is 19.8 Å². The summed E-state index contributed by atoms with van der Waals surface area (Å²) in [6, 6.07) is 9.57. The molecule has 0 radical (unpaired) electrons. The smallest absolute Gasteiger partial charge is 0.119 e. The molecular weight excluding hydrogens is 180 g/mol. The summed E-state index contributed by atoms with van der Waals surface area (Å²) in [4.78, 5) is 9.52. The molecule has 0 aliphatic carbocycles. The van der Waals surface area contributed by atoms with Crippen LogP contribution in [-0.2, 0) is 9.78 Å². The van der Waals surface area contributed by atoms with Gasteiger partial charge in [0.15, 0.2) is 0 Å². The Morgan fingerprint density at radius 2 is 1.86 bits per heavy atom. The molecule has 0 heterocycles. The summed E-state index contributed by atoms with van der Waals surface area (Å²) >= 11 is 0. The van der Waals surface area contributed by atoms with Crippen LogP contribution in [0.25, 0.3) is 0 Å². The predicted molar refractivity (Wildman–Crippen MR) is 54.0 cm³/mol. The van der Waals surface area contributed by atoms with Gasteiger partial charge in [0, 0.05) is 0 Å². The van der Waals surface area contributed by atoms with E-state index in [1.165, 1.54) is 0 Å². The van der Waals surface area contributed by atoms with Crippen molar-refractivity contribution in [3.63, 3.8) is 0 Å². The van der Waals surface area contributed by atoms with Crippen molar-refractivity contribution >= 4 is 0 Å². The maximum Gasteiger partial charge on any atom is 0.119 e. The van der Waals surface area contributed by atoms with E-state index in [1.807, 2.05) is 30.3 Å². The van der Waals surface area contributed by atoms with Crippen molar-refractivity contribution in [1.29, 1.82) is 0 Å². The standard InChI is InChI=1S/C11H14O3/c1-2-8-13-14-10-9-12-11-6-4-3-5-7-11/h2-7H,1,8-10H2. The highest BCUT2D eigenvalue weighted by Gasteiger charge is 1.91. The largest absolute Gasteiger partial charge is 0.491 e. The van der Waals surface area contributed by atoms with Gasteiger partial charge in [-0.3, -0.25) is 0 Å². The summed E-state index contributed by atoms with van der Waals surface area (Å²) in [6.07, 6.45) is 1.62. The summed E-state index contributed by atoms with van der Waals surface area (Å²) in [5.41, 5.74) is 0. The van der Waals surface area contributed by atoms with Gasteiger partial charge in [0.25, 0.3) is 0 Å². The zero-order valence-electron chi connectivity index (χ0n) is 8.02. The molecular formula is C11H14O3. The first kappa shape index (κ1) is 10.8. The molecule has 0 saturated carbocycles. The van der Waals surface area contributed by atoms with Crippen molar-refractivity contribution in [3.8, 4) is 5.75 Å². The molecule has 0 N–H and O–H groups in total. The highest BCUT2D eigenvalue weighted by atomic mass is 17.2. The van der Waals surface area contributed by atoms with Crippen LogP contribution in [0.3, 0.4) is 0 Å². The van der Waals surface area contributed by atoms with Crippen LogP contribution >= 0.6 is 0 Å². The summed E-state index contributed by atoms with van der Waals surface area (Å²) in [5, 5.41) is 0. The Labute approximate surface area is 83.8 Å². The monoisotopic (exact) mass is 194 g/mol. The molecule has 14 heavy (non-hydrogen) atoms. The fourth-order valence-corrected chi connectivity index (χ4v) is 0.865. The first-order valence-corrected chi connectivity index (χ1v) is 4.46. The van der Waals surface area contributed by atoms with Crippen molar-refractivity contribution in [2.24, 2.45) is 0 Å². The first-order chi connectivity index (χ1) is 6.93. The molecule has 0 atom stereocenters. The second-order valence-electron chi connectivity index (χ2n) is 2.56.